The third-order valence-corrected chi connectivity index (χ3v) is 5.51. The van der Waals surface area contributed by atoms with Gasteiger partial charge in [-0.15, -0.1) is 0 Å². The molecule has 1 N–H and O–H groups in total. The van der Waals surface area contributed by atoms with Gasteiger partial charge in [-0.05, 0) is 48.4 Å². The van der Waals surface area contributed by atoms with E-state index in [2.05, 4.69) is 4.72 Å². The minimum absolute atomic E-state index is 0.0211. The van der Waals surface area contributed by atoms with Crippen molar-refractivity contribution in [2.24, 2.45) is 0 Å². The second-order valence-corrected chi connectivity index (χ2v) is 7.94. The molecule has 0 saturated carbocycles. The Hall–Kier alpha value is -1.96. The standard InChI is InChI=1S/C18H20ClFN2O3S/c1-14(23)22(11-9-15-3-2-4-16(19)13-15)12-10-21-26(24,25)18-7-5-17(20)6-8-18/h2-8,13,21H,9-12H2,1H3. The van der Waals surface area contributed by atoms with E-state index in [1.165, 1.54) is 19.1 Å². The van der Waals surface area contributed by atoms with Gasteiger partial charge in [-0.3, -0.25) is 4.79 Å². The lowest BCUT2D eigenvalue weighted by Crippen LogP contribution is -2.38. The summed E-state index contributed by atoms with van der Waals surface area (Å²) in [5.74, 6) is -0.652. The first-order chi connectivity index (χ1) is 12.3. The highest BCUT2D eigenvalue weighted by atomic mass is 35.5. The largest absolute Gasteiger partial charge is 0.341 e. The highest BCUT2D eigenvalue weighted by molar-refractivity contribution is 7.89. The minimum atomic E-state index is -3.74. The Balaban J connectivity index is 1.90. The number of sulfonamides is 1. The van der Waals surface area contributed by atoms with E-state index >= 15 is 0 Å². The molecule has 0 radical (unpaired) electrons. The zero-order valence-electron chi connectivity index (χ0n) is 14.3. The summed E-state index contributed by atoms with van der Waals surface area (Å²) in [5, 5.41) is 0.629. The first-order valence-electron chi connectivity index (χ1n) is 8.03. The topological polar surface area (TPSA) is 66.5 Å². The van der Waals surface area contributed by atoms with Crippen LogP contribution in [0.4, 0.5) is 4.39 Å². The van der Waals surface area contributed by atoms with Crippen LogP contribution in [0.1, 0.15) is 12.5 Å². The number of rotatable bonds is 8. The van der Waals surface area contributed by atoms with Gasteiger partial charge in [0, 0.05) is 31.6 Å². The Bertz CT molecular complexity index is 857. The lowest BCUT2D eigenvalue weighted by Gasteiger charge is -2.21. The Morgan fingerprint density at radius 3 is 2.46 bits per heavy atom. The van der Waals surface area contributed by atoms with Crippen molar-refractivity contribution in [3.05, 3.63) is 64.9 Å². The SMILES string of the molecule is CC(=O)N(CCNS(=O)(=O)c1ccc(F)cc1)CCc1cccc(Cl)c1. The number of hydrogen-bond acceptors (Lipinski definition) is 3. The summed E-state index contributed by atoms with van der Waals surface area (Å²) < 4.78 is 39.6. The summed E-state index contributed by atoms with van der Waals surface area (Å²) in [7, 11) is -3.74. The van der Waals surface area contributed by atoms with Gasteiger partial charge in [-0.1, -0.05) is 23.7 Å². The van der Waals surface area contributed by atoms with Crippen LogP contribution in [0.25, 0.3) is 0 Å². The molecule has 0 saturated heterocycles. The normalized spacial score (nSPS) is 11.3. The Kier molecular flexibility index (Phi) is 7.14. The first-order valence-corrected chi connectivity index (χ1v) is 9.89. The molecule has 1 amide bonds. The molecule has 2 aromatic carbocycles. The van der Waals surface area contributed by atoms with Gasteiger partial charge in [-0.2, -0.15) is 0 Å². The van der Waals surface area contributed by atoms with E-state index in [4.69, 9.17) is 11.6 Å². The molecule has 5 nitrogen and oxygen atoms in total. The third-order valence-electron chi connectivity index (χ3n) is 3.80. The molecule has 0 atom stereocenters. The minimum Gasteiger partial charge on any atom is -0.341 e. The molecule has 2 aromatic rings. The molecule has 0 aliphatic heterocycles. The van der Waals surface area contributed by atoms with Gasteiger partial charge in [0.2, 0.25) is 15.9 Å². The number of halogens is 2. The fraction of sp³-hybridized carbons (Fsp3) is 0.278. The molecule has 0 fully saturated rings. The third kappa shape index (κ3) is 6.09. The summed E-state index contributed by atoms with van der Waals surface area (Å²) >= 11 is 5.94. The van der Waals surface area contributed by atoms with Crippen molar-refractivity contribution in [2.45, 2.75) is 18.2 Å². The molecule has 140 valence electrons. The van der Waals surface area contributed by atoms with Crippen LogP contribution in [0.5, 0.6) is 0 Å². The predicted octanol–water partition coefficient (Wildman–Crippen LogP) is 2.85. The number of amides is 1. The molecule has 0 spiro atoms. The van der Waals surface area contributed by atoms with Crippen LogP contribution in [0.2, 0.25) is 5.02 Å². The average molecular weight is 399 g/mol. The van der Waals surface area contributed by atoms with Crippen LogP contribution >= 0.6 is 11.6 Å². The van der Waals surface area contributed by atoms with Gasteiger partial charge in [0.15, 0.2) is 0 Å². The molecule has 0 aliphatic carbocycles. The second kappa shape index (κ2) is 9.12. The first kappa shape index (κ1) is 20.4. The van der Waals surface area contributed by atoms with Gasteiger partial charge in [0.25, 0.3) is 0 Å². The summed E-state index contributed by atoms with van der Waals surface area (Å²) in [6.45, 7) is 2.19. The number of carbonyl (C=O) groups is 1. The average Bonchev–Trinajstić information content (AvgIpc) is 2.58. The zero-order chi connectivity index (χ0) is 19.2. The van der Waals surface area contributed by atoms with E-state index in [0.717, 1.165) is 17.7 Å². The maximum absolute atomic E-state index is 12.9. The molecular formula is C18H20ClFN2O3S. The fourth-order valence-corrected chi connectivity index (χ4v) is 3.63. The van der Waals surface area contributed by atoms with Crippen molar-refractivity contribution >= 4 is 27.5 Å². The van der Waals surface area contributed by atoms with Gasteiger partial charge in [0.05, 0.1) is 4.90 Å². The molecule has 8 heteroatoms. The van der Waals surface area contributed by atoms with Crippen LogP contribution in [0.3, 0.4) is 0 Å². The number of nitrogens with zero attached hydrogens (tertiary/aromatic N) is 1. The predicted molar refractivity (Wildman–Crippen MR) is 99.0 cm³/mol. The molecular weight excluding hydrogens is 379 g/mol. The van der Waals surface area contributed by atoms with Crippen LogP contribution in [0.15, 0.2) is 53.4 Å². The van der Waals surface area contributed by atoms with Crippen molar-refractivity contribution in [1.82, 2.24) is 9.62 Å². The maximum atomic E-state index is 12.9. The number of benzene rings is 2. The number of hydrogen-bond donors (Lipinski definition) is 1. The van der Waals surface area contributed by atoms with Gasteiger partial charge in [-0.25, -0.2) is 17.5 Å². The number of carbonyl (C=O) groups excluding carboxylic acids is 1. The van der Waals surface area contributed by atoms with Gasteiger partial charge >= 0.3 is 0 Å². The van der Waals surface area contributed by atoms with Crippen LogP contribution < -0.4 is 4.72 Å². The van der Waals surface area contributed by atoms with Crippen molar-refractivity contribution < 1.29 is 17.6 Å². The quantitative estimate of drug-likeness (QED) is 0.743. The smallest absolute Gasteiger partial charge is 0.240 e. The summed E-state index contributed by atoms with van der Waals surface area (Å²) in [6, 6.07) is 11.9. The van der Waals surface area contributed by atoms with Crippen molar-refractivity contribution in [1.29, 1.82) is 0 Å². The second-order valence-electron chi connectivity index (χ2n) is 5.74. The van der Waals surface area contributed by atoms with E-state index in [0.29, 0.717) is 18.0 Å². The van der Waals surface area contributed by atoms with Crippen molar-refractivity contribution in [3.63, 3.8) is 0 Å². The van der Waals surface area contributed by atoms with E-state index < -0.39 is 15.8 Å². The van der Waals surface area contributed by atoms with E-state index in [1.807, 2.05) is 18.2 Å². The fourth-order valence-electron chi connectivity index (χ4n) is 2.40. The Morgan fingerprint density at radius 2 is 1.85 bits per heavy atom. The molecule has 0 aromatic heterocycles. The molecule has 0 aliphatic rings. The summed E-state index contributed by atoms with van der Waals surface area (Å²) in [5.41, 5.74) is 0.996. The Morgan fingerprint density at radius 1 is 1.15 bits per heavy atom. The lowest BCUT2D eigenvalue weighted by atomic mass is 10.1. The molecule has 26 heavy (non-hydrogen) atoms. The molecule has 2 rings (SSSR count). The molecule has 0 unspecified atom stereocenters. The van der Waals surface area contributed by atoms with Crippen molar-refractivity contribution in [3.8, 4) is 0 Å². The van der Waals surface area contributed by atoms with E-state index in [-0.39, 0.29) is 23.9 Å². The highest BCUT2D eigenvalue weighted by Crippen LogP contribution is 2.12. The lowest BCUT2D eigenvalue weighted by molar-refractivity contribution is -0.128. The monoisotopic (exact) mass is 398 g/mol. The van der Waals surface area contributed by atoms with E-state index in [1.54, 1.807) is 11.0 Å². The van der Waals surface area contributed by atoms with E-state index in [9.17, 15) is 17.6 Å². The van der Waals surface area contributed by atoms with Crippen molar-refractivity contribution in [2.75, 3.05) is 19.6 Å². The highest BCUT2D eigenvalue weighted by Gasteiger charge is 2.15. The Labute approximate surface area is 157 Å². The van der Waals surface area contributed by atoms with Gasteiger partial charge < -0.3 is 4.90 Å². The van der Waals surface area contributed by atoms with Crippen LogP contribution in [0, 0.1) is 5.82 Å². The summed E-state index contributed by atoms with van der Waals surface area (Å²) in [4.78, 5) is 13.3. The summed E-state index contributed by atoms with van der Waals surface area (Å²) in [6.07, 6.45) is 0.616. The zero-order valence-corrected chi connectivity index (χ0v) is 15.9. The number of nitrogens with one attached hydrogen (secondary N) is 1. The van der Waals surface area contributed by atoms with Gasteiger partial charge in [0.1, 0.15) is 5.82 Å². The molecule has 0 bridgehead atoms. The van der Waals surface area contributed by atoms with Crippen LogP contribution in [-0.2, 0) is 21.2 Å². The maximum Gasteiger partial charge on any atom is 0.240 e. The molecule has 0 heterocycles. The van der Waals surface area contributed by atoms with Crippen LogP contribution in [-0.4, -0.2) is 38.9 Å².